The molecule has 14 heavy (non-hydrogen) atoms. The zero-order valence-electron chi connectivity index (χ0n) is 10.5. The van der Waals surface area contributed by atoms with Crippen LogP contribution in [-0.4, -0.2) is 5.78 Å². The maximum atomic E-state index is 12.3. The molecule has 0 saturated heterocycles. The van der Waals surface area contributed by atoms with Crippen molar-refractivity contribution < 1.29 is 4.79 Å². The van der Waals surface area contributed by atoms with Crippen LogP contribution in [0.3, 0.4) is 0 Å². The lowest BCUT2D eigenvalue weighted by atomic mass is 9.67. The lowest BCUT2D eigenvalue weighted by Crippen LogP contribution is -2.39. The SMILES string of the molecule is C=CCC(C)(C)C(=O)C(C)(C)C(C)C. The Hall–Kier alpha value is -0.590. The van der Waals surface area contributed by atoms with Gasteiger partial charge in [-0.3, -0.25) is 4.79 Å². The molecule has 0 amide bonds. The number of hydrogen-bond acceptors (Lipinski definition) is 1. The summed E-state index contributed by atoms with van der Waals surface area (Å²) in [6, 6.07) is 0. The Balaban J connectivity index is 4.85. The van der Waals surface area contributed by atoms with Gasteiger partial charge in [0.2, 0.25) is 0 Å². The smallest absolute Gasteiger partial charge is 0.144 e. The van der Waals surface area contributed by atoms with Crippen LogP contribution >= 0.6 is 0 Å². The molecule has 0 rings (SSSR count). The fourth-order valence-corrected chi connectivity index (χ4v) is 1.59. The van der Waals surface area contributed by atoms with E-state index in [1.807, 2.05) is 33.8 Å². The van der Waals surface area contributed by atoms with Gasteiger partial charge in [-0.15, -0.1) is 6.58 Å². The second-order valence-corrected chi connectivity index (χ2v) is 5.58. The molecule has 0 aliphatic carbocycles. The Labute approximate surface area is 88.6 Å². The number of carbonyl (C=O) groups is 1. The number of hydrogen-bond donors (Lipinski definition) is 0. The molecule has 0 aliphatic heterocycles. The standard InChI is InChI=1S/C13H24O/c1-8-9-12(4,5)11(14)13(6,7)10(2)3/h8,10H,1,9H2,2-7H3. The number of rotatable bonds is 5. The number of carbonyl (C=O) groups excluding carboxylic acids is 1. The predicted molar refractivity (Wildman–Crippen MR) is 62.2 cm³/mol. The highest BCUT2D eigenvalue weighted by Crippen LogP contribution is 2.37. The van der Waals surface area contributed by atoms with Gasteiger partial charge in [0.1, 0.15) is 5.78 Å². The van der Waals surface area contributed by atoms with Crippen molar-refractivity contribution in [2.75, 3.05) is 0 Å². The van der Waals surface area contributed by atoms with Gasteiger partial charge in [-0.05, 0) is 12.3 Å². The monoisotopic (exact) mass is 196 g/mol. The van der Waals surface area contributed by atoms with E-state index < -0.39 is 0 Å². The minimum atomic E-state index is -0.282. The molecule has 82 valence electrons. The third kappa shape index (κ3) is 2.70. The molecule has 0 heterocycles. The van der Waals surface area contributed by atoms with E-state index in [2.05, 4.69) is 20.4 Å². The summed E-state index contributed by atoms with van der Waals surface area (Å²) in [5.74, 6) is 0.707. The van der Waals surface area contributed by atoms with E-state index in [9.17, 15) is 4.79 Å². The third-order valence-electron chi connectivity index (χ3n) is 3.30. The van der Waals surface area contributed by atoms with Crippen molar-refractivity contribution in [1.82, 2.24) is 0 Å². The van der Waals surface area contributed by atoms with E-state index in [1.54, 1.807) is 0 Å². The first kappa shape index (κ1) is 13.4. The van der Waals surface area contributed by atoms with Gasteiger partial charge < -0.3 is 0 Å². The molecule has 0 spiro atoms. The maximum Gasteiger partial charge on any atom is 0.144 e. The molecule has 0 aromatic carbocycles. The van der Waals surface area contributed by atoms with Crippen LogP contribution in [0, 0.1) is 16.7 Å². The van der Waals surface area contributed by atoms with Crippen molar-refractivity contribution >= 4 is 5.78 Å². The largest absolute Gasteiger partial charge is 0.298 e. The molecule has 0 aromatic rings. The Morgan fingerprint density at radius 3 is 2.00 bits per heavy atom. The second kappa shape index (κ2) is 4.29. The van der Waals surface area contributed by atoms with Gasteiger partial charge in [0.25, 0.3) is 0 Å². The van der Waals surface area contributed by atoms with Crippen LogP contribution in [0.25, 0.3) is 0 Å². The van der Waals surface area contributed by atoms with E-state index in [-0.39, 0.29) is 10.8 Å². The molecule has 0 radical (unpaired) electrons. The van der Waals surface area contributed by atoms with E-state index in [0.717, 1.165) is 6.42 Å². The normalized spacial score (nSPS) is 13.1. The minimum Gasteiger partial charge on any atom is -0.298 e. The van der Waals surface area contributed by atoms with E-state index in [1.165, 1.54) is 0 Å². The lowest BCUT2D eigenvalue weighted by molar-refractivity contribution is -0.138. The molecule has 0 fully saturated rings. The van der Waals surface area contributed by atoms with Crippen molar-refractivity contribution in [3.05, 3.63) is 12.7 Å². The van der Waals surface area contributed by atoms with Crippen LogP contribution in [0.1, 0.15) is 48.0 Å². The maximum absolute atomic E-state index is 12.3. The number of ketones is 1. The highest BCUT2D eigenvalue weighted by molar-refractivity contribution is 5.89. The molecule has 1 nitrogen and oxygen atoms in total. The summed E-state index contributed by atoms with van der Waals surface area (Å²) in [5, 5.41) is 0. The zero-order valence-corrected chi connectivity index (χ0v) is 10.5. The van der Waals surface area contributed by atoms with Gasteiger partial charge in [-0.2, -0.15) is 0 Å². The number of allylic oxidation sites excluding steroid dienone is 1. The molecule has 1 heteroatoms. The summed E-state index contributed by atoms with van der Waals surface area (Å²) >= 11 is 0. The Morgan fingerprint density at radius 1 is 1.29 bits per heavy atom. The summed E-state index contributed by atoms with van der Waals surface area (Å²) < 4.78 is 0. The van der Waals surface area contributed by atoms with E-state index in [4.69, 9.17) is 0 Å². The van der Waals surface area contributed by atoms with Crippen molar-refractivity contribution in [2.45, 2.75) is 48.0 Å². The summed E-state index contributed by atoms with van der Waals surface area (Å²) in [7, 11) is 0. The van der Waals surface area contributed by atoms with Crippen molar-refractivity contribution in [1.29, 1.82) is 0 Å². The highest BCUT2D eigenvalue weighted by Gasteiger charge is 2.39. The summed E-state index contributed by atoms with van der Waals surface area (Å²) in [6.07, 6.45) is 2.58. The molecular formula is C13H24O. The van der Waals surface area contributed by atoms with Crippen LogP contribution in [-0.2, 0) is 4.79 Å². The third-order valence-corrected chi connectivity index (χ3v) is 3.30. The Morgan fingerprint density at radius 2 is 1.71 bits per heavy atom. The zero-order chi connectivity index (χ0) is 11.6. The summed E-state index contributed by atoms with van der Waals surface area (Å²) in [4.78, 5) is 12.3. The first-order chi connectivity index (χ1) is 6.16. The molecule has 0 N–H and O–H groups in total. The lowest BCUT2D eigenvalue weighted by Gasteiger charge is -2.35. The minimum absolute atomic E-state index is 0.244. The quantitative estimate of drug-likeness (QED) is 0.611. The number of Topliss-reactive ketones (excluding diaryl/α,β-unsaturated/α-hetero) is 1. The molecular weight excluding hydrogens is 172 g/mol. The van der Waals surface area contributed by atoms with Crippen LogP contribution < -0.4 is 0 Å². The van der Waals surface area contributed by atoms with Crippen LogP contribution in [0.15, 0.2) is 12.7 Å². The van der Waals surface area contributed by atoms with Crippen LogP contribution in [0.2, 0.25) is 0 Å². The van der Waals surface area contributed by atoms with Gasteiger partial charge in [0.05, 0.1) is 0 Å². The molecule has 0 aromatic heterocycles. The Bertz CT molecular complexity index is 221. The van der Waals surface area contributed by atoms with Crippen molar-refractivity contribution in [2.24, 2.45) is 16.7 Å². The average Bonchev–Trinajstić information content (AvgIpc) is 2.02. The molecule has 0 saturated carbocycles. The van der Waals surface area contributed by atoms with Gasteiger partial charge in [-0.1, -0.05) is 47.6 Å². The molecule has 0 unspecified atom stereocenters. The van der Waals surface area contributed by atoms with E-state index in [0.29, 0.717) is 11.7 Å². The second-order valence-electron chi connectivity index (χ2n) is 5.58. The van der Waals surface area contributed by atoms with Gasteiger partial charge in [0, 0.05) is 10.8 Å². The van der Waals surface area contributed by atoms with Gasteiger partial charge in [-0.25, -0.2) is 0 Å². The molecule has 0 aliphatic rings. The van der Waals surface area contributed by atoms with Crippen molar-refractivity contribution in [3.63, 3.8) is 0 Å². The Kier molecular flexibility index (Phi) is 4.11. The summed E-state index contributed by atoms with van der Waals surface area (Å²) in [6.45, 7) is 16.0. The van der Waals surface area contributed by atoms with Crippen LogP contribution in [0.4, 0.5) is 0 Å². The van der Waals surface area contributed by atoms with Gasteiger partial charge in [0.15, 0.2) is 0 Å². The first-order valence-electron chi connectivity index (χ1n) is 5.32. The fourth-order valence-electron chi connectivity index (χ4n) is 1.59. The molecule has 0 atom stereocenters. The first-order valence-corrected chi connectivity index (χ1v) is 5.32. The van der Waals surface area contributed by atoms with E-state index >= 15 is 0 Å². The molecule has 0 bridgehead atoms. The average molecular weight is 196 g/mol. The fraction of sp³-hybridized carbons (Fsp3) is 0.769. The van der Waals surface area contributed by atoms with Crippen molar-refractivity contribution in [3.8, 4) is 0 Å². The summed E-state index contributed by atoms with van der Waals surface area (Å²) in [5.41, 5.74) is -0.526. The predicted octanol–water partition coefficient (Wildman–Crippen LogP) is 3.84. The van der Waals surface area contributed by atoms with Gasteiger partial charge >= 0.3 is 0 Å². The topological polar surface area (TPSA) is 17.1 Å². The van der Waals surface area contributed by atoms with Crippen LogP contribution in [0.5, 0.6) is 0 Å². The highest BCUT2D eigenvalue weighted by atomic mass is 16.1.